The van der Waals surface area contributed by atoms with Gasteiger partial charge in [0, 0.05) is 18.1 Å². The van der Waals surface area contributed by atoms with Crippen molar-refractivity contribution in [3.63, 3.8) is 0 Å². The third kappa shape index (κ3) is 5.16. The molecule has 0 bridgehead atoms. The van der Waals surface area contributed by atoms with Crippen LogP contribution in [0.3, 0.4) is 0 Å². The molecule has 0 saturated heterocycles. The predicted octanol–water partition coefficient (Wildman–Crippen LogP) is 9.61. The quantitative estimate of drug-likeness (QED) is 0.202. The van der Waals surface area contributed by atoms with E-state index >= 15 is 0 Å². The van der Waals surface area contributed by atoms with Crippen LogP contribution in [0.1, 0.15) is 82.0 Å². The monoisotopic (exact) mass is 536 g/mol. The molecule has 0 saturated carbocycles. The Hall–Kier alpha value is -3.91. The molecule has 40 heavy (non-hydrogen) atoms. The first-order chi connectivity index (χ1) is 22.6. The van der Waals surface area contributed by atoms with Gasteiger partial charge in [0.15, 0.2) is 0 Å². The topological polar surface area (TPSA) is 8.81 Å². The van der Waals surface area contributed by atoms with E-state index in [1.54, 1.807) is 25.1 Å². The fourth-order valence-corrected chi connectivity index (χ4v) is 5.28. The lowest BCUT2D eigenvalue weighted by atomic mass is 9.78. The summed E-state index contributed by atoms with van der Waals surface area (Å²) in [4.78, 5) is 0. The molecule has 0 aliphatic rings. The maximum absolute atomic E-state index is 9.02. The molecule has 2 heteroatoms. The highest BCUT2D eigenvalue weighted by Gasteiger charge is 2.28. The summed E-state index contributed by atoms with van der Waals surface area (Å²) in [6.07, 6.45) is 3.77. The highest BCUT2D eigenvalue weighted by Crippen LogP contribution is 2.37. The second kappa shape index (κ2) is 10.2. The van der Waals surface area contributed by atoms with E-state index in [2.05, 4.69) is 65.2 Å². The van der Waals surface area contributed by atoms with Crippen molar-refractivity contribution in [3.8, 4) is 33.6 Å². The van der Waals surface area contributed by atoms with Gasteiger partial charge in [0.05, 0.1) is 12.3 Å². The first-order valence-corrected chi connectivity index (χ1v) is 13.6. The fourth-order valence-electron chi connectivity index (χ4n) is 5.28. The number of hydrogen-bond acceptors (Lipinski definition) is 0. The molecule has 2 nitrogen and oxygen atoms in total. The van der Waals surface area contributed by atoms with Crippen molar-refractivity contribution in [3.05, 3.63) is 125 Å². The van der Waals surface area contributed by atoms with Crippen LogP contribution in [0.2, 0.25) is 0 Å². The Morgan fingerprint density at radius 3 is 2.05 bits per heavy atom. The van der Waals surface area contributed by atoms with E-state index in [4.69, 9.17) is 12.3 Å². The van der Waals surface area contributed by atoms with Gasteiger partial charge in [-0.2, -0.15) is 9.13 Å². The maximum Gasteiger partial charge on any atom is 0.263 e. The fraction of sp³-hybridized carbons (Fsp3) is 0.289. The summed E-state index contributed by atoms with van der Waals surface area (Å²) in [5.74, 6) is 0.730. The zero-order valence-corrected chi connectivity index (χ0v) is 24.9. The summed E-state index contributed by atoms with van der Waals surface area (Å²) in [5.41, 5.74) is 5.64. The molecule has 204 valence electrons. The molecule has 0 atom stereocenters. The second-order valence-corrected chi connectivity index (χ2v) is 12.5. The smallest absolute Gasteiger partial charge is 0.199 e. The summed E-state index contributed by atoms with van der Waals surface area (Å²) < 4.78 is 81.5. The molecule has 5 rings (SSSR count). The van der Waals surface area contributed by atoms with Gasteiger partial charge in [-0.05, 0) is 58.6 Å². The van der Waals surface area contributed by atoms with Crippen LogP contribution >= 0.6 is 0 Å². The molecule has 5 aromatic rings. The van der Waals surface area contributed by atoms with Crippen LogP contribution in [0.4, 0.5) is 0 Å². The summed E-state index contributed by atoms with van der Waals surface area (Å²) in [5, 5.41) is 0. The lowest BCUT2D eigenvalue weighted by Crippen LogP contribution is -2.34. The Balaban J connectivity index is 1.95. The van der Waals surface area contributed by atoms with Gasteiger partial charge in [0.25, 0.3) is 5.82 Å². The number of benzene rings is 4. The molecule has 0 amide bonds. The van der Waals surface area contributed by atoms with E-state index in [0.29, 0.717) is 16.8 Å². The second-order valence-electron chi connectivity index (χ2n) is 12.5. The molecular formula is C38H43N2+. The molecule has 0 fully saturated rings. The molecular weight excluding hydrogens is 484 g/mol. The largest absolute Gasteiger partial charge is 0.263 e. The molecule has 1 aromatic heterocycles. The molecule has 0 radical (unpaired) electrons. The van der Waals surface area contributed by atoms with Crippen molar-refractivity contribution >= 4 is 0 Å². The number of nitrogens with zero attached hydrogens (tertiary/aromatic N) is 2. The van der Waals surface area contributed by atoms with Crippen molar-refractivity contribution in [1.82, 2.24) is 4.57 Å². The Kier molecular flexibility index (Phi) is 4.72. The Bertz CT molecular complexity index is 2020. The molecule has 0 aliphatic heterocycles. The minimum Gasteiger partial charge on any atom is -0.199 e. The highest BCUT2D eigenvalue weighted by atomic mass is 15.2. The lowest BCUT2D eigenvalue weighted by Gasteiger charge is -2.27. The van der Waals surface area contributed by atoms with Gasteiger partial charge in [0.2, 0.25) is 0 Å². The summed E-state index contributed by atoms with van der Waals surface area (Å²) >= 11 is 0. The minimum atomic E-state index is -0.502. The SMILES string of the molecule is [2H]c1c([2H])c([2H])c(-c2cccc(-c3c([2H])c([2H])c([2H])c(C)c3[2H])c2-[n+]2ccn(-c3cc(C(C)(C)C)cc(C(C)(C)C)c3C)c2C)c([2H])c1[2H]. The van der Waals surface area contributed by atoms with E-state index in [1.165, 1.54) is 11.1 Å². The van der Waals surface area contributed by atoms with E-state index in [1.807, 2.05) is 23.9 Å². The van der Waals surface area contributed by atoms with Crippen molar-refractivity contribution in [1.29, 1.82) is 0 Å². The van der Waals surface area contributed by atoms with Crippen molar-refractivity contribution in [2.45, 2.75) is 73.1 Å². The van der Waals surface area contributed by atoms with Gasteiger partial charge < -0.3 is 0 Å². The van der Waals surface area contributed by atoms with Crippen LogP contribution in [-0.2, 0) is 10.8 Å². The lowest BCUT2D eigenvalue weighted by molar-refractivity contribution is -0.600. The Morgan fingerprint density at radius 1 is 0.750 bits per heavy atom. The van der Waals surface area contributed by atoms with Crippen LogP contribution in [-0.4, -0.2) is 4.57 Å². The van der Waals surface area contributed by atoms with Crippen LogP contribution in [0.15, 0.2) is 97.1 Å². The summed E-state index contributed by atoms with van der Waals surface area (Å²) in [6, 6.07) is 6.47. The third-order valence-electron chi connectivity index (χ3n) is 7.44. The van der Waals surface area contributed by atoms with Crippen LogP contribution < -0.4 is 4.57 Å². The van der Waals surface area contributed by atoms with E-state index in [9.17, 15) is 0 Å². The minimum absolute atomic E-state index is 0.0126. The average molecular weight is 537 g/mol. The van der Waals surface area contributed by atoms with E-state index in [-0.39, 0.29) is 63.8 Å². The Labute approximate surface area is 253 Å². The van der Waals surface area contributed by atoms with Gasteiger partial charge in [-0.3, -0.25) is 0 Å². The highest BCUT2D eigenvalue weighted by molar-refractivity contribution is 5.83. The first kappa shape index (κ1) is 18.4. The van der Waals surface area contributed by atoms with Gasteiger partial charge in [-0.15, -0.1) is 0 Å². The normalized spacial score (nSPS) is 15.3. The number of para-hydroxylation sites is 1. The van der Waals surface area contributed by atoms with Gasteiger partial charge >= 0.3 is 0 Å². The molecule has 1 heterocycles. The number of imidazole rings is 1. The van der Waals surface area contributed by atoms with E-state index in [0.717, 1.165) is 17.1 Å². The Morgan fingerprint density at radius 2 is 1.40 bits per heavy atom. The van der Waals surface area contributed by atoms with Crippen LogP contribution in [0.25, 0.3) is 33.6 Å². The standard InChI is InChI=1S/C38H43N2/c1-26-15-13-18-30(23-26)33-20-14-19-32(29-16-11-10-12-17-29)36(33)40-22-21-39(28(40)3)35-25-31(37(4,5)6)24-34(27(35)2)38(7,8)9/h10-25H,1-9H3/q+1/i10D,11D,12D,13D,15D,16D,17D,18D,23D. The molecule has 0 unspecified atom stereocenters. The predicted molar refractivity (Wildman–Crippen MR) is 170 cm³/mol. The van der Waals surface area contributed by atoms with E-state index < -0.39 is 18.1 Å². The first-order valence-electron chi connectivity index (χ1n) is 18.1. The molecule has 0 N–H and O–H groups in total. The van der Waals surface area contributed by atoms with Gasteiger partial charge in [-0.1, -0.05) is 126 Å². The summed E-state index contributed by atoms with van der Waals surface area (Å²) in [7, 11) is 0. The number of hydrogen-bond donors (Lipinski definition) is 0. The van der Waals surface area contributed by atoms with Crippen LogP contribution in [0, 0.1) is 20.8 Å². The molecule has 0 aliphatic carbocycles. The number of rotatable bonds is 4. The van der Waals surface area contributed by atoms with Gasteiger partial charge in [0.1, 0.15) is 23.8 Å². The van der Waals surface area contributed by atoms with Gasteiger partial charge in [-0.25, -0.2) is 0 Å². The number of aromatic nitrogens is 2. The zero-order valence-electron chi connectivity index (χ0n) is 33.9. The third-order valence-corrected chi connectivity index (χ3v) is 7.44. The van der Waals surface area contributed by atoms with Crippen molar-refractivity contribution in [2.75, 3.05) is 0 Å². The van der Waals surface area contributed by atoms with Crippen molar-refractivity contribution in [2.24, 2.45) is 0 Å². The van der Waals surface area contributed by atoms with Crippen LogP contribution in [0.5, 0.6) is 0 Å². The maximum atomic E-state index is 9.02. The zero-order chi connectivity index (χ0) is 36.7. The summed E-state index contributed by atoms with van der Waals surface area (Å²) in [6.45, 7) is 18.7. The molecule has 0 spiro atoms. The van der Waals surface area contributed by atoms with Crippen molar-refractivity contribution < 1.29 is 16.9 Å². The molecule has 4 aromatic carbocycles. The average Bonchev–Trinajstić information content (AvgIpc) is 3.40.